The van der Waals surface area contributed by atoms with E-state index in [9.17, 15) is 4.79 Å². The van der Waals surface area contributed by atoms with Crippen molar-refractivity contribution in [3.8, 4) is 0 Å². The van der Waals surface area contributed by atoms with Crippen LogP contribution in [0.15, 0.2) is 24.5 Å². The number of hydrogen-bond acceptors (Lipinski definition) is 3. The van der Waals surface area contributed by atoms with Gasteiger partial charge in [-0.1, -0.05) is 25.3 Å². The molecule has 1 aliphatic carbocycles. The number of rotatable bonds is 4. The maximum atomic E-state index is 12.8. The third-order valence-corrected chi connectivity index (χ3v) is 4.13. The first-order valence-electron chi connectivity index (χ1n) is 7.52. The molecule has 0 saturated heterocycles. The van der Waals surface area contributed by atoms with Gasteiger partial charge in [-0.2, -0.15) is 0 Å². The summed E-state index contributed by atoms with van der Waals surface area (Å²) in [6.45, 7) is 4.67. The molecule has 0 spiro atoms. The van der Waals surface area contributed by atoms with Crippen LogP contribution in [0.4, 0.5) is 0 Å². The molecule has 1 aromatic heterocycles. The van der Waals surface area contributed by atoms with Crippen molar-refractivity contribution >= 4 is 5.91 Å². The maximum Gasteiger partial charge on any atom is 0.243 e. The number of hydrogen-bond donors (Lipinski definition) is 1. The summed E-state index contributed by atoms with van der Waals surface area (Å²) in [5.41, 5.74) is 6.78. The van der Waals surface area contributed by atoms with Gasteiger partial charge in [0.05, 0.1) is 5.54 Å². The van der Waals surface area contributed by atoms with Gasteiger partial charge in [-0.25, -0.2) is 0 Å². The molecular weight excluding hydrogens is 250 g/mol. The molecule has 0 radical (unpaired) electrons. The highest BCUT2D eigenvalue weighted by atomic mass is 16.2. The molecule has 2 N–H and O–H groups in total. The van der Waals surface area contributed by atoms with Gasteiger partial charge in [-0.3, -0.25) is 9.78 Å². The Balaban J connectivity index is 2.13. The lowest BCUT2D eigenvalue weighted by Crippen LogP contribution is -2.57. The average molecular weight is 275 g/mol. The number of carbonyl (C=O) groups is 1. The zero-order valence-corrected chi connectivity index (χ0v) is 12.5. The smallest absolute Gasteiger partial charge is 0.243 e. The number of carbonyl (C=O) groups excluding carboxylic acids is 1. The lowest BCUT2D eigenvalue weighted by molar-refractivity contribution is -0.140. The van der Waals surface area contributed by atoms with Crippen molar-refractivity contribution in [2.75, 3.05) is 0 Å². The first-order valence-corrected chi connectivity index (χ1v) is 7.52. The Morgan fingerprint density at radius 3 is 2.65 bits per heavy atom. The number of pyridine rings is 1. The van der Waals surface area contributed by atoms with Crippen LogP contribution in [0.3, 0.4) is 0 Å². The summed E-state index contributed by atoms with van der Waals surface area (Å²) in [6.07, 6.45) is 8.48. The van der Waals surface area contributed by atoms with Gasteiger partial charge >= 0.3 is 0 Å². The van der Waals surface area contributed by atoms with Crippen molar-refractivity contribution in [3.63, 3.8) is 0 Å². The van der Waals surface area contributed by atoms with E-state index in [-0.39, 0.29) is 11.9 Å². The molecule has 1 saturated carbocycles. The van der Waals surface area contributed by atoms with E-state index in [1.165, 1.54) is 6.42 Å². The topological polar surface area (TPSA) is 59.2 Å². The van der Waals surface area contributed by atoms with Crippen LogP contribution >= 0.6 is 0 Å². The standard InChI is InChI=1S/C16H25N3O/c1-13(2)19(12-14-7-6-10-18-11-14)15(20)16(17)8-4-3-5-9-16/h6-7,10-11,13H,3-5,8-9,12,17H2,1-2H3. The molecule has 1 amide bonds. The first-order chi connectivity index (χ1) is 9.53. The van der Waals surface area contributed by atoms with Gasteiger partial charge in [0.2, 0.25) is 5.91 Å². The Morgan fingerprint density at radius 2 is 2.10 bits per heavy atom. The Labute approximate surface area is 121 Å². The van der Waals surface area contributed by atoms with Gasteiger partial charge in [-0.15, -0.1) is 0 Å². The zero-order chi connectivity index (χ0) is 14.6. The highest BCUT2D eigenvalue weighted by Gasteiger charge is 2.39. The summed E-state index contributed by atoms with van der Waals surface area (Å²) in [7, 11) is 0. The third-order valence-electron chi connectivity index (χ3n) is 4.13. The molecule has 20 heavy (non-hydrogen) atoms. The molecule has 0 aromatic carbocycles. The van der Waals surface area contributed by atoms with Crippen molar-refractivity contribution in [2.45, 2.75) is 64.1 Å². The van der Waals surface area contributed by atoms with Crippen molar-refractivity contribution in [1.29, 1.82) is 0 Å². The fraction of sp³-hybridized carbons (Fsp3) is 0.625. The quantitative estimate of drug-likeness (QED) is 0.918. The Kier molecular flexibility index (Phi) is 4.76. The molecule has 4 nitrogen and oxygen atoms in total. The summed E-state index contributed by atoms with van der Waals surface area (Å²) in [6, 6.07) is 4.04. The van der Waals surface area contributed by atoms with E-state index in [0.29, 0.717) is 6.54 Å². The predicted octanol–water partition coefficient (Wildman–Crippen LogP) is 2.48. The van der Waals surface area contributed by atoms with Crippen LogP contribution in [-0.4, -0.2) is 27.4 Å². The van der Waals surface area contributed by atoms with Crippen molar-refractivity contribution in [3.05, 3.63) is 30.1 Å². The molecule has 0 atom stereocenters. The zero-order valence-electron chi connectivity index (χ0n) is 12.5. The van der Waals surface area contributed by atoms with Crippen LogP contribution < -0.4 is 5.73 Å². The number of nitrogens with zero attached hydrogens (tertiary/aromatic N) is 2. The molecule has 4 heteroatoms. The molecular formula is C16H25N3O. The fourth-order valence-electron chi connectivity index (χ4n) is 2.86. The van der Waals surface area contributed by atoms with E-state index < -0.39 is 5.54 Å². The van der Waals surface area contributed by atoms with E-state index in [2.05, 4.69) is 4.98 Å². The highest BCUT2D eigenvalue weighted by Crippen LogP contribution is 2.28. The molecule has 1 fully saturated rings. The third kappa shape index (κ3) is 3.37. The van der Waals surface area contributed by atoms with E-state index >= 15 is 0 Å². The molecule has 1 heterocycles. The minimum absolute atomic E-state index is 0.0936. The van der Waals surface area contributed by atoms with Gasteiger partial charge in [0, 0.05) is 25.0 Å². The van der Waals surface area contributed by atoms with Crippen LogP contribution in [0.5, 0.6) is 0 Å². The molecule has 0 aliphatic heterocycles. The molecule has 1 aromatic rings. The Hall–Kier alpha value is -1.42. The number of nitrogens with two attached hydrogens (primary N) is 1. The molecule has 1 aliphatic rings. The van der Waals surface area contributed by atoms with Crippen molar-refractivity contribution < 1.29 is 4.79 Å². The highest BCUT2D eigenvalue weighted by molar-refractivity contribution is 5.86. The van der Waals surface area contributed by atoms with Gasteiger partial charge < -0.3 is 10.6 Å². The van der Waals surface area contributed by atoms with Crippen LogP contribution in [0.25, 0.3) is 0 Å². The molecule has 110 valence electrons. The Bertz CT molecular complexity index is 438. The van der Waals surface area contributed by atoms with Gasteiger partial charge in [-0.05, 0) is 38.3 Å². The summed E-state index contributed by atoms with van der Waals surface area (Å²) in [5, 5.41) is 0. The summed E-state index contributed by atoms with van der Waals surface area (Å²) < 4.78 is 0. The molecule has 0 unspecified atom stereocenters. The summed E-state index contributed by atoms with van der Waals surface area (Å²) in [5.74, 6) is 0.0936. The lowest BCUT2D eigenvalue weighted by Gasteiger charge is -2.38. The number of aromatic nitrogens is 1. The van der Waals surface area contributed by atoms with Gasteiger partial charge in [0.15, 0.2) is 0 Å². The minimum atomic E-state index is -0.662. The van der Waals surface area contributed by atoms with E-state index in [0.717, 1.165) is 31.2 Å². The normalized spacial score (nSPS) is 18.0. The van der Waals surface area contributed by atoms with E-state index in [4.69, 9.17) is 5.73 Å². The van der Waals surface area contributed by atoms with Crippen LogP contribution in [0.1, 0.15) is 51.5 Å². The second kappa shape index (κ2) is 6.35. The average Bonchev–Trinajstić information content (AvgIpc) is 2.45. The van der Waals surface area contributed by atoms with Crippen LogP contribution in [-0.2, 0) is 11.3 Å². The van der Waals surface area contributed by atoms with E-state index in [1.54, 1.807) is 6.20 Å². The van der Waals surface area contributed by atoms with Crippen LogP contribution in [0, 0.1) is 0 Å². The first kappa shape index (κ1) is 15.0. The molecule has 0 bridgehead atoms. The Morgan fingerprint density at radius 1 is 1.40 bits per heavy atom. The van der Waals surface area contributed by atoms with Gasteiger partial charge in [0.25, 0.3) is 0 Å². The summed E-state index contributed by atoms with van der Waals surface area (Å²) >= 11 is 0. The maximum absolute atomic E-state index is 12.8. The van der Waals surface area contributed by atoms with Crippen molar-refractivity contribution in [2.24, 2.45) is 5.73 Å². The summed E-state index contributed by atoms with van der Waals surface area (Å²) in [4.78, 5) is 18.9. The second-order valence-electron chi connectivity index (χ2n) is 6.10. The van der Waals surface area contributed by atoms with Crippen LogP contribution in [0.2, 0.25) is 0 Å². The van der Waals surface area contributed by atoms with E-state index in [1.807, 2.05) is 37.1 Å². The predicted molar refractivity (Wildman–Crippen MR) is 79.9 cm³/mol. The number of amides is 1. The minimum Gasteiger partial charge on any atom is -0.334 e. The SMILES string of the molecule is CC(C)N(Cc1cccnc1)C(=O)C1(N)CCCCC1. The monoisotopic (exact) mass is 275 g/mol. The molecule has 2 rings (SSSR count). The second-order valence-corrected chi connectivity index (χ2v) is 6.10. The largest absolute Gasteiger partial charge is 0.334 e. The lowest BCUT2D eigenvalue weighted by atomic mass is 9.81. The van der Waals surface area contributed by atoms with Crippen molar-refractivity contribution in [1.82, 2.24) is 9.88 Å². The fourth-order valence-corrected chi connectivity index (χ4v) is 2.86. The van der Waals surface area contributed by atoms with Gasteiger partial charge in [0.1, 0.15) is 0 Å².